The zero-order valence-electron chi connectivity index (χ0n) is 7.78. The first-order chi connectivity index (χ1) is 5.46. The topological polar surface area (TPSA) is 4.93 Å². The largest absolute Gasteiger partial charge is 0.318 e. The molecule has 3 heteroatoms. The number of halogens is 2. The Balaban J connectivity index is 3.38. The van der Waals surface area contributed by atoms with E-state index in [1.807, 2.05) is 13.8 Å². The van der Waals surface area contributed by atoms with Gasteiger partial charge in [0.15, 0.2) is 0 Å². The fourth-order valence-corrected chi connectivity index (χ4v) is 1.45. The van der Waals surface area contributed by atoms with Gasteiger partial charge in [-0.05, 0) is 38.8 Å². The molecule has 0 aromatic carbocycles. The van der Waals surface area contributed by atoms with Gasteiger partial charge in [0.25, 0.3) is 0 Å². The molecule has 12 heavy (non-hydrogen) atoms. The van der Waals surface area contributed by atoms with Crippen LogP contribution in [0, 0.1) is 27.7 Å². The summed E-state index contributed by atoms with van der Waals surface area (Å²) in [4.78, 5) is 0. The number of rotatable bonds is 1. The third-order valence-corrected chi connectivity index (χ3v) is 2.57. The predicted molar refractivity (Wildman–Crippen MR) is 44.6 cm³/mol. The minimum atomic E-state index is -2.42. The lowest BCUT2D eigenvalue weighted by atomic mass is 10.2. The normalized spacial score (nSPS) is 11.2. The molecule has 0 aliphatic rings. The molecule has 0 N–H and O–H groups in total. The fraction of sp³-hybridized carbons (Fsp3) is 0.556. The van der Waals surface area contributed by atoms with Gasteiger partial charge in [-0.3, -0.25) is 4.57 Å². The predicted octanol–water partition coefficient (Wildman–Crippen LogP) is 3.12. The van der Waals surface area contributed by atoms with E-state index < -0.39 is 6.55 Å². The van der Waals surface area contributed by atoms with Crippen LogP contribution in [-0.4, -0.2) is 4.57 Å². The summed E-state index contributed by atoms with van der Waals surface area (Å²) in [5, 5.41) is 0. The maximum Gasteiger partial charge on any atom is 0.318 e. The van der Waals surface area contributed by atoms with Gasteiger partial charge < -0.3 is 0 Å². The first-order valence-electron chi connectivity index (χ1n) is 3.89. The molecule has 0 saturated heterocycles. The molecule has 0 fully saturated rings. The maximum atomic E-state index is 12.4. The van der Waals surface area contributed by atoms with Crippen molar-refractivity contribution in [3.05, 3.63) is 22.5 Å². The lowest BCUT2D eigenvalue weighted by Gasteiger charge is -2.06. The van der Waals surface area contributed by atoms with E-state index in [9.17, 15) is 8.78 Å². The second kappa shape index (κ2) is 2.88. The Morgan fingerprint density at radius 1 is 0.917 bits per heavy atom. The van der Waals surface area contributed by atoms with Crippen LogP contribution in [0.1, 0.15) is 29.1 Å². The molecule has 0 saturated carbocycles. The third kappa shape index (κ3) is 1.13. The zero-order chi connectivity index (χ0) is 9.46. The molecule has 0 aliphatic carbocycles. The van der Waals surface area contributed by atoms with Crippen LogP contribution in [-0.2, 0) is 0 Å². The average Bonchev–Trinajstić information content (AvgIpc) is 2.16. The molecule has 68 valence electrons. The van der Waals surface area contributed by atoms with E-state index in [0.29, 0.717) is 11.4 Å². The van der Waals surface area contributed by atoms with Crippen LogP contribution in [0.25, 0.3) is 0 Å². The van der Waals surface area contributed by atoms with Crippen molar-refractivity contribution < 1.29 is 8.78 Å². The van der Waals surface area contributed by atoms with Crippen LogP contribution in [0.4, 0.5) is 8.78 Å². The number of hydrogen-bond donors (Lipinski definition) is 0. The second-order valence-corrected chi connectivity index (χ2v) is 3.07. The van der Waals surface area contributed by atoms with Crippen molar-refractivity contribution in [1.29, 1.82) is 0 Å². The highest BCUT2D eigenvalue weighted by atomic mass is 19.3. The number of aromatic nitrogens is 1. The Morgan fingerprint density at radius 3 is 1.42 bits per heavy atom. The molecule has 0 radical (unpaired) electrons. The first kappa shape index (κ1) is 9.23. The van der Waals surface area contributed by atoms with Crippen LogP contribution in [0.5, 0.6) is 0 Å². The molecular formula is C9H13F2N. The summed E-state index contributed by atoms with van der Waals surface area (Å²) < 4.78 is 26.0. The van der Waals surface area contributed by atoms with Gasteiger partial charge in [-0.15, -0.1) is 0 Å². The van der Waals surface area contributed by atoms with Gasteiger partial charge in [-0.25, -0.2) is 0 Å². The molecule has 0 amide bonds. The van der Waals surface area contributed by atoms with Crippen LogP contribution in [0.15, 0.2) is 0 Å². The van der Waals surface area contributed by atoms with E-state index in [0.717, 1.165) is 15.7 Å². The molecule has 1 rings (SSSR count). The van der Waals surface area contributed by atoms with E-state index in [-0.39, 0.29) is 0 Å². The summed E-state index contributed by atoms with van der Waals surface area (Å²) in [7, 11) is 0. The Kier molecular flexibility index (Phi) is 2.22. The highest BCUT2D eigenvalue weighted by Crippen LogP contribution is 2.25. The summed E-state index contributed by atoms with van der Waals surface area (Å²) in [5.41, 5.74) is 3.26. The minimum Gasteiger partial charge on any atom is -0.293 e. The molecule has 1 nitrogen and oxygen atoms in total. The summed E-state index contributed by atoms with van der Waals surface area (Å²) in [6.07, 6.45) is 0. The molecule has 0 spiro atoms. The quantitative estimate of drug-likeness (QED) is 0.615. The van der Waals surface area contributed by atoms with E-state index in [1.165, 1.54) is 0 Å². The molecule has 0 unspecified atom stereocenters. The highest BCUT2D eigenvalue weighted by molar-refractivity contribution is 5.35. The number of nitrogens with zero attached hydrogens (tertiary/aromatic N) is 1. The van der Waals surface area contributed by atoms with Crippen molar-refractivity contribution in [3.8, 4) is 0 Å². The van der Waals surface area contributed by atoms with Crippen LogP contribution in [0.3, 0.4) is 0 Å². The van der Waals surface area contributed by atoms with Gasteiger partial charge >= 0.3 is 6.55 Å². The van der Waals surface area contributed by atoms with Gasteiger partial charge in [-0.1, -0.05) is 0 Å². The lowest BCUT2D eigenvalue weighted by Crippen LogP contribution is -2.02. The maximum absolute atomic E-state index is 12.4. The second-order valence-electron chi connectivity index (χ2n) is 3.07. The molecular weight excluding hydrogens is 160 g/mol. The standard InChI is InChI=1S/C9H13F2N/c1-5-6(2)8(4)12(7(5)3)9(10)11/h9H,1-4H3. The van der Waals surface area contributed by atoms with Gasteiger partial charge in [0.05, 0.1) is 0 Å². The fourth-order valence-electron chi connectivity index (χ4n) is 1.45. The van der Waals surface area contributed by atoms with Crippen LogP contribution >= 0.6 is 0 Å². The molecule has 1 aromatic rings. The Hall–Kier alpha value is -0.860. The minimum absolute atomic E-state index is 0.667. The van der Waals surface area contributed by atoms with Crippen molar-refractivity contribution >= 4 is 0 Å². The monoisotopic (exact) mass is 173 g/mol. The Morgan fingerprint density at radius 2 is 1.25 bits per heavy atom. The summed E-state index contributed by atoms with van der Waals surface area (Å²) >= 11 is 0. The lowest BCUT2D eigenvalue weighted by molar-refractivity contribution is 0.0664. The van der Waals surface area contributed by atoms with Crippen LogP contribution in [0.2, 0.25) is 0 Å². The highest BCUT2D eigenvalue weighted by Gasteiger charge is 2.16. The van der Waals surface area contributed by atoms with Crippen molar-refractivity contribution in [1.82, 2.24) is 4.57 Å². The average molecular weight is 173 g/mol. The van der Waals surface area contributed by atoms with Crippen LogP contribution < -0.4 is 0 Å². The Labute approximate surface area is 71.0 Å². The number of alkyl halides is 2. The molecule has 0 atom stereocenters. The van der Waals surface area contributed by atoms with E-state index in [1.54, 1.807) is 13.8 Å². The Bertz CT molecular complexity index is 274. The zero-order valence-corrected chi connectivity index (χ0v) is 7.78. The smallest absolute Gasteiger partial charge is 0.293 e. The van der Waals surface area contributed by atoms with E-state index >= 15 is 0 Å². The summed E-state index contributed by atoms with van der Waals surface area (Å²) in [5.74, 6) is 0. The summed E-state index contributed by atoms with van der Waals surface area (Å²) in [6.45, 7) is 4.77. The molecule has 1 heterocycles. The molecule has 0 aliphatic heterocycles. The van der Waals surface area contributed by atoms with Crippen molar-refractivity contribution in [3.63, 3.8) is 0 Å². The SMILES string of the molecule is Cc1c(C)c(C)n(C(F)F)c1C. The van der Waals surface area contributed by atoms with E-state index in [2.05, 4.69) is 0 Å². The van der Waals surface area contributed by atoms with Crippen molar-refractivity contribution in [2.45, 2.75) is 34.2 Å². The number of hydrogen-bond acceptors (Lipinski definition) is 0. The van der Waals surface area contributed by atoms with Crippen molar-refractivity contribution in [2.75, 3.05) is 0 Å². The molecule has 1 aromatic heterocycles. The van der Waals surface area contributed by atoms with Gasteiger partial charge in [0.2, 0.25) is 0 Å². The summed E-state index contributed by atoms with van der Waals surface area (Å²) in [6, 6.07) is 0. The third-order valence-electron chi connectivity index (χ3n) is 2.57. The van der Waals surface area contributed by atoms with Gasteiger partial charge in [0, 0.05) is 11.4 Å². The first-order valence-corrected chi connectivity index (χ1v) is 3.89. The van der Waals surface area contributed by atoms with Gasteiger partial charge in [0.1, 0.15) is 0 Å². The molecule has 0 bridgehead atoms. The van der Waals surface area contributed by atoms with Gasteiger partial charge in [-0.2, -0.15) is 8.78 Å². The van der Waals surface area contributed by atoms with E-state index in [4.69, 9.17) is 0 Å². The van der Waals surface area contributed by atoms with Crippen molar-refractivity contribution in [2.24, 2.45) is 0 Å².